The fourth-order valence-corrected chi connectivity index (χ4v) is 3.28. The van der Waals surface area contributed by atoms with Crippen LogP contribution >= 0.6 is 0 Å². The van der Waals surface area contributed by atoms with Crippen molar-refractivity contribution in [3.63, 3.8) is 0 Å². The molecule has 0 aromatic heterocycles. The Kier molecular flexibility index (Phi) is 2.71. The highest BCUT2D eigenvalue weighted by Crippen LogP contribution is 2.45. The molecule has 0 radical (unpaired) electrons. The Bertz CT molecular complexity index is 594. The average Bonchev–Trinajstić information content (AvgIpc) is 3.21. The van der Waals surface area contributed by atoms with Gasteiger partial charge >= 0.3 is 0 Å². The van der Waals surface area contributed by atoms with Gasteiger partial charge in [-0.25, -0.2) is 0 Å². The Morgan fingerprint density at radius 1 is 0.950 bits per heavy atom. The third kappa shape index (κ3) is 2.06. The fourth-order valence-electron chi connectivity index (χ4n) is 3.28. The number of fused-ring (bicyclic) bond motifs is 2. The van der Waals surface area contributed by atoms with Crippen molar-refractivity contribution in [2.45, 2.75) is 32.2 Å². The quantitative estimate of drug-likeness (QED) is 0.880. The fraction of sp³-hybridized carbons (Fsp3) is 0.368. The second kappa shape index (κ2) is 4.46. The standard InChI is InChI=1S/C19H21N/c1-19(10-11-19)13-20-18-16-8-4-2-6-14(16)12-15-7-3-5-9-17(15)18/h2-9,18,20H,10-13H2,1H3. The maximum Gasteiger partial charge on any atom is 0.0582 e. The van der Waals surface area contributed by atoms with Crippen LogP contribution in [0.1, 0.15) is 48.1 Å². The lowest BCUT2D eigenvalue weighted by molar-refractivity contribution is 0.465. The molecule has 0 spiro atoms. The van der Waals surface area contributed by atoms with Crippen LogP contribution in [-0.4, -0.2) is 6.54 Å². The lowest BCUT2D eigenvalue weighted by Gasteiger charge is -2.30. The molecule has 0 aliphatic heterocycles. The number of nitrogens with one attached hydrogen (secondary N) is 1. The van der Waals surface area contributed by atoms with Gasteiger partial charge in [-0.3, -0.25) is 0 Å². The van der Waals surface area contributed by atoms with E-state index in [1.807, 2.05) is 0 Å². The van der Waals surface area contributed by atoms with Crippen LogP contribution in [0.4, 0.5) is 0 Å². The predicted octanol–water partition coefficient (Wildman–Crippen LogP) is 4.07. The third-order valence-electron chi connectivity index (χ3n) is 4.95. The molecule has 1 saturated carbocycles. The van der Waals surface area contributed by atoms with E-state index < -0.39 is 0 Å². The van der Waals surface area contributed by atoms with Crippen molar-refractivity contribution < 1.29 is 0 Å². The van der Waals surface area contributed by atoms with Gasteiger partial charge in [-0.1, -0.05) is 55.5 Å². The van der Waals surface area contributed by atoms with Crippen LogP contribution in [0.15, 0.2) is 48.5 Å². The summed E-state index contributed by atoms with van der Waals surface area (Å²) in [6.07, 6.45) is 3.81. The first kappa shape index (κ1) is 12.2. The summed E-state index contributed by atoms with van der Waals surface area (Å²) in [7, 11) is 0. The van der Waals surface area contributed by atoms with Gasteiger partial charge in [0.15, 0.2) is 0 Å². The van der Waals surface area contributed by atoms with Gasteiger partial charge in [0, 0.05) is 6.54 Å². The molecule has 0 amide bonds. The Balaban J connectivity index is 1.72. The summed E-state index contributed by atoms with van der Waals surface area (Å²) < 4.78 is 0. The molecular weight excluding hydrogens is 242 g/mol. The van der Waals surface area contributed by atoms with Gasteiger partial charge in [-0.05, 0) is 46.9 Å². The number of hydrogen-bond donors (Lipinski definition) is 1. The first-order valence-corrected chi connectivity index (χ1v) is 7.64. The van der Waals surface area contributed by atoms with Crippen LogP contribution in [0.25, 0.3) is 0 Å². The molecule has 0 unspecified atom stereocenters. The summed E-state index contributed by atoms with van der Waals surface area (Å²) in [5, 5.41) is 3.84. The van der Waals surface area contributed by atoms with E-state index in [1.165, 1.54) is 35.1 Å². The molecule has 2 aromatic carbocycles. The molecule has 1 heteroatoms. The molecule has 20 heavy (non-hydrogen) atoms. The summed E-state index contributed by atoms with van der Waals surface area (Å²) in [4.78, 5) is 0. The van der Waals surface area contributed by atoms with Crippen molar-refractivity contribution in [2.24, 2.45) is 5.41 Å². The third-order valence-corrected chi connectivity index (χ3v) is 4.95. The second-order valence-corrected chi connectivity index (χ2v) is 6.70. The number of rotatable bonds is 3. The van der Waals surface area contributed by atoms with Crippen LogP contribution in [0, 0.1) is 5.41 Å². The topological polar surface area (TPSA) is 12.0 Å². The second-order valence-electron chi connectivity index (χ2n) is 6.70. The van der Waals surface area contributed by atoms with E-state index in [0.29, 0.717) is 11.5 Å². The van der Waals surface area contributed by atoms with Crippen molar-refractivity contribution in [1.82, 2.24) is 5.32 Å². The first-order valence-electron chi connectivity index (χ1n) is 7.64. The molecule has 0 heterocycles. The van der Waals surface area contributed by atoms with Gasteiger partial charge in [-0.2, -0.15) is 0 Å². The largest absolute Gasteiger partial charge is 0.306 e. The number of hydrogen-bond acceptors (Lipinski definition) is 1. The normalized spacial score (nSPS) is 19.2. The predicted molar refractivity (Wildman–Crippen MR) is 82.9 cm³/mol. The Morgan fingerprint density at radius 2 is 1.50 bits per heavy atom. The molecule has 1 nitrogen and oxygen atoms in total. The van der Waals surface area contributed by atoms with Crippen LogP contribution in [0.5, 0.6) is 0 Å². The van der Waals surface area contributed by atoms with Gasteiger partial charge in [0.25, 0.3) is 0 Å². The van der Waals surface area contributed by atoms with E-state index in [2.05, 4.69) is 60.8 Å². The summed E-state index contributed by atoms with van der Waals surface area (Å²) in [6.45, 7) is 3.51. The smallest absolute Gasteiger partial charge is 0.0582 e. The highest BCUT2D eigenvalue weighted by atomic mass is 14.9. The molecule has 1 fully saturated rings. The Morgan fingerprint density at radius 3 is 2.05 bits per heavy atom. The lowest BCUT2D eigenvalue weighted by Crippen LogP contribution is -2.31. The van der Waals surface area contributed by atoms with E-state index in [4.69, 9.17) is 0 Å². The Labute approximate surface area is 121 Å². The van der Waals surface area contributed by atoms with Crippen LogP contribution < -0.4 is 5.32 Å². The van der Waals surface area contributed by atoms with Crippen molar-refractivity contribution in [3.05, 3.63) is 70.8 Å². The van der Waals surface area contributed by atoms with E-state index in [9.17, 15) is 0 Å². The minimum atomic E-state index is 0.369. The van der Waals surface area contributed by atoms with Crippen molar-refractivity contribution in [1.29, 1.82) is 0 Å². The van der Waals surface area contributed by atoms with Gasteiger partial charge in [0.1, 0.15) is 0 Å². The SMILES string of the molecule is CC1(CNC2c3ccccc3Cc3ccccc32)CC1. The zero-order chi connectivity index (χ0) is 13.6. The van der Waals surface area contributed by atoms with E-state index in [1.54, 1.807) is 0 Å². The van der Waals surface area contributed by atoms with Crippen molar-refractivity contribution in [2.75, 3.05) is 6.54 Å². The van der Waals surface area contributed by atoms with E-state index >= 15 is 0 Å². The number of benzene rings is 2. The zero-order valence-corrected chi connectivity index (χ0v) is 12.0. The van der Waals surface area contributed by atoms with E-state index in [0.717, 1.165) is 13.0 Å². The molecule has 2 aliphatic carbocycles. The lowest BCUT2D eigenvalue weighted by atomic mass is 9.82. The maximum absolute atomic E-state index is 3.84. The van der Waals surface area contributed by atoms with Crippen LogP contribution in [0.3, 0.4) is 0 Å². The average molecular weight is 263 g/mol. The first-order chi connectivity index (χ1) is 9.75. The van der Waals surface area contributed by atoms with Gasteiger partial charge in [0.05, 0.1) is 6.04 Å². The summed E-state index contributed by atoms with van der Waals surface area (Å²) in [5.74, 6) is 0. The molecule has 0 atom stereocenters. The molecule has 1 N–H and O–H groups in total. The van der Waals surface area contributed by atoms with Crippen molar-refractivity contribution in [3.8, 4) is 0 Å². The summed E-state index contributed by atoms with van der Waals surface area (Å²) >= 11 is 0. The molecule has 0 bridgehead atoms. The maximum atomic E-state index is 3.84. The minimum Gasteiger partial charge on any atom is -0.306 e. The molecule has 0 saturated heterocycles. The highest BCUT2D eigenvalue weighted by Gasteiger charge is 2.38. The zero-order valence-electron chi connectivity index (χ0n) is 12.0. The summed E-state index contributed by atoms with van der Waals surface area (Å²) in [6, 6.07) is 18.2. The molecule has 4 rings (SSSR count). The summed E-state index contributed by atoms with van der Waals surface area (Å²) in [5.41, 5.74) is 6.43. The molecule has 2 aromatic rings. The monoisotopic (exact) mass is 263 g/mol. The van der Waals surface area contributed by atoms with Gasteiger partial charge in [-0.15, -0.1) is 0 Å². The molecular formula is C19H21N. The van der Waals surface area contributed by atoms with Crippen LogP contribution in [0.2, 0.25) is 0 Å². The van der Waals surface area contributed by atoms with Gasteiger partial charge in [0.2, 0.25) is 0 Å². The molecule has 2 aliphatic rings. The van der Waals surface area contributed by atoms with Gasteiger partial charge < -0.3 is 5.32 Å². The minimum absolute atomic E-state index is 0.369. The highest BCUT2D eigenvalue weighted by molar-refractivity contribution is 5.48. The molecule has 102 valence electrons. The Hall–Kier alpha value is -1.60. The van der Waals surface area contributed by atoms with Crippen molar-refractivity contribution >= 4 is 0 Å². The van der Waals surface area contributed by atoms with E-state index in [-0.39, 0.29) is 0 Å². The van der Waals surface area contributed by atoms with Crippen LogP contribution in [-0.2, 0) is 6.42 Å².